The lowest BCUT2D eigenvalue weighted by atomic mass is 10.2. The summed E-state index contributed by atoms with van der Waals surface area (Å²) >= 11 is 1.04. The van der Waals surface area contributed by atoms with Crippen molar-refractivity contribution in [3.63, 3.8) is 0 Å². The number of thioether (sulfide) groups is 1. The second kappa shape index (κ2) is 7.94. The van der Waals surface area contributed by atoms with Crippen molar-refractivity contribution in [3.05, 3.63) is 0 Å². The molecule has 3 N–H and O–H groups in total. The van der Waals surface area contributed by atoms with Crippen molar-refractivity contribution in [1.82, 2.24) is 5.32 Å². The monoisotopic (exact) mass is 263 g/mol. The summed E-state index contributed by atoms with van der Waals surface area (Å²) in [6.45, 7) is 3.08. The molecule has 0 saturated carbocycles. The zero-order valence-corrected chi connectivity index (χ0v) is 10.6. The zero-order valence-electron chi connectivity index (χ0n) is 9.80. The molecule has 0 aromatic heterocycles. The highest BCUT2D eigenvalue weighted by Crippen LogP contribution is 2.17. The minimum atomic E-state index is -1.16. The molecule has 0 aromatic carbocycles. The fraction of sp³-hybridized carbons (Fsp3) is 0.700. The molecule has 0 aliphatic rings. The number of amides is 1. The van der Waals surface area contributed by atoms with Crippen LogP contribution >= 0.6 is 11.8 Å². The lowest BCUT2D eigenvalue weighted by Crippen LogP contribution is -2.42. The topological polar surface area (TPSA) is 104 Å². The van der Waals surface area contributed by atoms with Crippen LogP contribution in [0.2, 0.25) is 0 Å². The van der Waals surface area contributed by atoms with Crippen LogP contribution in [0.4, 0.5) is 0 Å². The highest BCUT2D eigenvalue weighted by molar-refractivity contribution is 8.00. The smallest absolute Gasteiger partial charge is 0.327 e. The van der Waals surface area contributed by atoms with Crippen molar-refractivity contribution >= 4 is 29.6 Å². The Labute approximate surface area is 104 Å². The normalized spacial score (nSPS) is 13.8. The van der Waals surface area contributed by atoms with Crippen LogP contribution in [0.5, 0.6) is 0 Å². The van der Waals surface area contributed by atoms with Gasteiger partial charge < -0.3 is 15.5 Å². The van der Waals surface area contributed by atoms with Gasteiger partial charge in [-0.05, 0) is 6.42 Å². The van der Waals surface area contributed by atoms with Crippen molar-refractivity contribution in [2.45, 2.75) is 38.0 Å². The molecule has 0 spiro atoms. The summed E-state index contributed by atoms with van der Waals surface area (Å²) in [7, 11) is 0. The summed E-state index contributed by atoms with van der Waals surface area (Å²) in [5.74, 6) is -2.51. The van der Waals surface area contributed by atoms with E-state index in [0.29, 0.717) is 12.8 Å². The van der Waals surface area contributed by atoms with Gasteiger partial charge in [0.2, 0.25) is 5.91 Å². The van der Waals surface area contributed by atoms with Crippen LogP contribution in [-0.2, 0) is 14.4 Å². The molecule has 0 bridgehead atoms. The predicted octanol–water partition coefficient (Wildman–Crippen LogP) is 0.562. The fourth-order valence-electron chi connectivity index (χ4n) is 1.17. The van der Waals surface area contributed by atoms with E-state index in [2.05, 4.69) is 5.32 Å². The van der Waals surface area contributed by atoms with Crippen molar-refractivity contribution < 1.29 is 24.6 Å². The largest absolute Gasteiger partial charge is 0.480 e. The van der Waals surface area contributed by atoms with Crippen molar-refractivity contribution in [2.24, 2.45) is 0 Å². The quantitative estimate of drug-likeness (QED) is 0.591. The summed E-state index contributed by atoms with van der Waals surface area (Å²) in [5, 5.41) is 19.3. The van der Waals surface area contributed by atoms with Crippen LogP contribution < -0.4 is 5.32 Å². The Bertz CT molecular complexity index is 294. The molecule has 6 nitrogen and oxygen atoms in total. The van der Waals surface area contributed by atoms with Gasteiger partial charge in [0.05, 0.1) is 0 Å². The predicted molar refractivity (Wildman–Crippen MR) is 64.0 cm³/mol. The Morgan fingerprint density at radius 2 is 1.82 bits per heavy atom. The van der Waals surface area contributed by atoms with E-state index >= 15 is 0 Å². The molecular formula is C10H17NO5S. The summed E-state index contributed by atoms with van der Waals surface area (Å²) < 4.78 is 0. The first kappa shape index (κ1) is 15.8. The second-order valence-corrected chi connectivity index (χ2v) is 4.78. The Hall–Kier alpha value is -1.24. The number of carbonyl (C=O) groups excluding carboxylic acids is 1. The summed E-state index contributed by atoms with van der Waals surface area (Å²) in [4.78, 5) is 32.4. The van der Waals surface area contributed by atoms with E-state index in [9.17, 15) is 14.4 Å². The molecule has 0 aliphatic heterocycles. The van der Waals surface area contributed by atoms with E-state index in [4.69, 9.17) is 10.2 Å². The Kier molecular flexibility index (Phi) is 7.36. The standard InChI is InChI=1S/C10H17NO5S/c1-3-4-8(10(15)16)17-5-7(9(13)14)11-6(2)12/h7-8H,3-5H2,1-2H3,(H,11,12)(H,13,14)(H,15,16). The molecule has 0 heterocycles. The molecule has 1 amide bonds. The number of carboxylic acid groups (broad SMARTS) is 2. The third-order valence-electron chi connectivity index (χ3n) is 1.97. The minimum absolute atomic E-state index is 0.0475. The van der Waals surface area contributed by atoms with Gasteiger partial charge in [0.15, 0.2) is 0 Å². The SMILES string of the molecule is CCCC(SCC(NC(C)=O)C(=O)O)C(=O)O. The number of hydrogen-bond donors (Lipinski definition) is 3. The molecule has 0 aromatic rings. The first-order valence-electron chi connectivity index (χ1n) is 5.22. The van der Waals surface area contributed by atoms with E-state index in [1.54, 1.807) is 0 Å². The van der Waals surface area contributed by atoms with Gasteiger partial charge in [-0.25, -0.2) is 4.79 Å². The molecule has 0 saturated heterocycles. The number of hydrogen-bond acceptors (Lipinski definition) is 4. The zero-order chi connectivity index (χ0) is 13.4. The number of aliphatic carboxylic acids is 2. The van der Waals surface area contributed by atoms with Crippen molar-refractivity contribution in [2.75, 3.05) is 5.75 Å². The van der Waals surface area contributed by atoms with E-state index in [0.717, 1.165) is 11.8 Å². The number of carbonyl (C=O) groups is 3. The van der Waals surface area contributed by atoms with E-state index in [-0.39, 0.29) is 5.75 Å². The average Bonchev–Trinajstić information content (AvgIpc) is 2.20. The summed E-state index contributed by atoms with van der Waals surface area (Å²) in [6, 6.07) is -1.05. The van der Waals surface area contributed by atoms with Gasteiger partial charge in [-0.2, -0.15) is 0 Å². The maximum atomic E-state index is 10.8. The van der Waals surface area contributed by atoms with Crippen molar-refractivity contribution in [3.8, 4) is 0 Å². The molecule has 7 heteroatoms. The third-order valence-corrected chi connectivity index (χ3v) is 3.33. The maximum absolute atomic E-state index is 10.8. The molecule has 0 aliphatic carbocycles. The Morgan fingerprint density at radius 3 is 2.18 bits per heavy atom. The minimum Gasteiger partial charge on any atom is -0.480 e. The molecule has 0 radical (unpaired) electrons. The first-order chi connectivity index (χ1) is 7.88. The van der Waals surface area contributed by atoms with Gasteiger partial charge in [-0.1, -0.05) is 13.3 Å². The van der Waals surface area contributed by atoms with Gasteiger partial charge in [0, 0.05) is 12.7 Å². The van der Waals surface area contributed by atoms with E-state index in [1.807, 2.05) is 6.92 Å². The molecule has 0 fully saturated rings. The highest BCUT2D eigenvalue weighted by Gasteiger charge is 2.23. The number of rotatable bonds is 8. The Balaban J connectivity index is 4.31. The van der Waals surface area contributed by atoms with E-state index < -0.39 is 29.1 Å². The van der Waals surface area contributed by atoms with Crippen LogP contribution in [0.1, 0.15) is 26.7 Å². The summed E-state index contributed by atoms with van der Waals surface area (Å²) in [6.07, 6.45) is 1.19. The maximum Gasteiger partial charge on any atom is 0.327 e. The van der Waals surface area contributed by atoms with Crippen LogP contribution in [0.15, 0.2) is 0 Å². The molecule has 17 heavy (non-hydrogen) atoms. The van der Waals surface area contributed by atoms with Gasteiger partial charge in [0.25, 0.3) is 0 Å². The molecule has 2 atom stereocenters. The fourth-order valence-corrected chi connectivity index (χ4v) is 2.37. The first-order valence-corrected chi connectivity index (χ1v) is 6.27. The van der Waals surface area contributed by atoms with Gasteiger partial charge in [-0.3, -0.25) is 9.59 Å². The van der Waals surface area contributed by atoms with Crippen LogP contribution in [0, 0.1) is 0 Å². The average molecular weight is 263 g/mol. The number of nitrogens with one attached hydrogen (secondary N) is 1. The molecule has 2 unspecified atom stereocenters. The second-order valence-electron chi connectivity index (χ2n) is 3.54. The van der Waals surface area contributed by atoms with Crippen LogP contribution in [0.25, 0.3) is 0 Å². The lowest BCUT2D eigenvalue weighted by Gasteiger charge is -2.16. The highest BCUT2D eigenvalue weighted by atomic mass is 32.2. The van der Waals surface area contributed by atoms with Crippen LogP contribution in [0.3, 0.4) is 0 Å². The number of carboxylic acids is 2. The van der Waals surface area contributed by atoms with Gasteiger partial charge >= 0.3 is 11.9 Å². The summed E-state index contributed by atoms with van der Waals surface area (Å²) in [5.41, 5.74) is 0. The van der Waals surface area contributed by atoms with Gasteiger partial charge in [0.1, 0.15) is 11.3 Å². The van der Waals surface area contributed by atoms with Crippen molar-refractivity contribution in [1.29, 1.82) is 0 Å². The van der Waals surface area contributed by atoms with E-state index in [1.165, 1.54) is 6.92 Å². The van der Waals surface area contributed by atoms with Crippen LogP contribution in [-0.4, -0.2) is 45.1 Å². The molecular weight excluding hydrogens is 246 g/mol. The third kappa shape index (κ3) is 6.83. The molecule has 0 rings (SSSR count). The van der Waals surface area contributed by atoms with Gasteiger partial charge in [-0.15, -0.1) is 11.8 Å². The Morgan fingerprint density at radius 1 is 1.24 bits per heavy atom. The molecule has 98 valence electrons. The lowest BCUT2D eigenvalue weighted by molar-refractivity contribution is -0.141.